The summed E-state index contributed by atoms with van der Waals surface area (Å²) in [5.74, 6) is 0.410. The van der Waals surface area contributed by atoms with Crippen molar-refractivity contribution in [3.63, 3.8) is 0 Å². The van der Waals surface area contributed by atoms with Crippen LogP contribution in [0.3, 0.4) is 0 Å². The lowest BCUT2D eigenvalue weighted by Crippen LogP contribution is -2.25. The number of aromatic nitrogens is 2. The van der Waals surface area contributed by atoms with Crippen molar-refractivity contribution in [3.8, 4) is 0 Å². The summed E-state index contributed by atoms with van der Waals surface area (Å²) in [6, 6.07) is 9.76. The zero-order valence-corrected chi connectivity index (χ0v) is 13.2. The van der Waals surface area contributed by atoms with Gasteiger partial charge in [-0.2, -0.15) is 5.10 Å². The fraction of sp³-hybridized carbons (Fsp3) is 0.375. The van der Waals surface area contributed by atoms with E-state index in [1.807, 2.05) is 44.2 Å². The third-order valence-electron chi connectivity index (χ3n) is 3.36. The molecule has 0 bridgehead atoms. The van der Waals surface area contributed by atoms with E-state index in [9.17, 15) is 4.79 Å². The van der Waals surface area contributed by atoms with E-state index in [1.54, 1.807) is 4.68 Å². The third-order valence-corrected chi connectivity index (χ3v) is 3.66. The average molecular weight is 306 g/mol. The fourth-order valence-electron chi connectivity index (χ4n) is 2.09. The Labute approximate surface area is 130 Å². The normalized spacial score (nSPS) is 10.6. The first-order valence-electron chi connectivity index (χ1n) is 7.16. The van der Waals surface area contributed by atoms with E-state index in [0.717, 1.165) is 23.2 Å². The molecule has 0 saturated carbocycles. The molecule has 0 unspecified atom stereocenters. The molecular weight excluding hydrogens is 286 g/mol. The topological polar surface area (TPSA) is 46.9 Å². The van der Waals surface area contributed by atoms with Gasteiger partial charge in [-0.1, -0.05) is 31.2 Å². The Balaban J connectivity index is 2.02. The van der Waals surface area contributed by atoms with Crippen LogP contribution in [0.15, 0.2) is 30.3 Å². The molecule has 4 nitrogen and oxygen atoms in total. The largest absolute Gasteiger partial charge is 0.347 e. The Hall–Kier alpha value is -1.81. The van der Waals surface area contributed by atoms with Crippen molar-refractivity contribution in [2.45, 2.75) is 39.2 Å². The molecule has 0 aliphatic carbocycles. The van der Waals surface area contributed by atoms with Gasteiger partial charge in [0.05, 0.1) is 5.69 Å². The molecule has 1 N–H and O–H groups in total. The van der Waals surface area contributed by atoms with Crippen molar-refractivity contribution in [2.75, 3.05) is 0 Å². The Kier molecular flexibility index (Phi) is 5.39. The van der Waals surface area contributed by atoms with Crippen LogP contribution in [-0.2, 0) is 25.4 Å². The van der Waals surface area contributed by atoms with Gasteiger partial charge < -0.3 is 5.32 Å². The first-order valence-corrected chi connectivity index (χ1v) is 7.70. The summed E-state index contributed by atoms with van der Waals surface area (Å²) in [7, 11) is 0. The van der Waals surface area contributed by atoms with E-state index in [-0.39, 0.29) is 5.91 Å². The van der Waals surface area contributed by atoms with Gasteiger partial charge in [-0.25, -0.2) is 0 Å². The van der Waals surface area contributed by atoms with Crippen LogP contribution in [0.25, 0.3) is 0 Å². The number of nitrogens with one attached hydrogen (secondary N) is 1. The SMILES string of the molecule is CCc1cc(C(=O)NCc2ccc(CCl)cc2)n(CC)n1. The zero-order chi connectivity index (χ0) is 15.2. The van der Waals surface area contributed by atoms with Gasteiger partial charge in [0, 0.05) is 19.0 Å². The highest BCUT2D eigenvalue weighted by Gasteiger charge is 2.13. The van der Waals surface area contributed by atoms with Gasteiger partial charge in [-0.15, -0.1) is 11.6 Å². The van der Waals surface area contributed by atoms with E-state index in [4.69, 9.17) is 11.6 Å². The highest BCUT2D eigenvalue weighted by molar-refractivity contribution is 6.17. The number of benzene rings is 1. The van der Waals surface area contributed by atoms with E-state index in [2.05, 4.69) is 10.4 Å². The third kappa shape index (κ3) is 3.85. The van der Waals surface area contributed by atoms with Crippen molar-refractivity contribution in [1.29, 1.82) is 0 Å². The second kappa shape index (κ2) is 7.27. The lowest BCUT2D eigenvalue weighted by Gasteiger charge is -2.07. The van der Waals surface area contributed by atoms with Crippen molar-refractivity contribution in [3.05, 3.63) is 52.8 Å². The van der Waals surface area contributed by atoms with Crippen LogP contribution in [0.4, 0.5) is 0 Å². The number of hydrogen-bond acceptors (Lipinski definition) is 2. The van der Waals surface area contributed by atoms with Crippen molar-refractivity contribution < 1.29 is 4.79 Å². The highest BCUT2D eigenvalue weighted by atomic mass is 35.5. The second-order valence-corrected chi connectivity index (χ2v) is 5.09. The van der Waals surface area contributed by atoms with Gasteiger partial charge in [-0.05, 0) is 30.5 Å². The Morgan fingerprint density at radius 2 is 1.90 bits per heavy atom. The van der Waals surface area contributed by atoms with Crippen LogP contribution in [0.5, 0.6) is 0 Å². The lowest BCUT2D eigenvalue weighted by atomic mass is 10.1. The van der Waals surface area contributed by atoms with Crippen molar-refractivity contribution >= 4 is 17.5 Å². The number of aryl methyl sites for hydroxylation is 2. The van der Waals surface area contributed by atoms with Crippen LogP contribution in [-0.4, -0.2) is 15.7 Å². The molecule has 1 heterocycles. The minimum atomic E-state index is -0.0922. The summed E-state index contributed by atoms with van der Waals surface area (Å²) in [5.41, 5.74) is 3.68. The van der Waals surface area contributed by atoms with Gasteiger partial charge in [0.2, 0.25) is 0 Å². The van der Waals surface area contributed by atoms with Crippen LogP contribution in [0, 0.1) is 0 Å². The molecule has 1 aromatic carbocycles. The van der Waals surface area contributed by atoms with Crippen LogP contribution >= 0.6 is 11.6 Å². The standard InChI is InChI=1S/C16H20ClN3O/c1-3-14-9-15(20(4-2)19-14)16(21)18-11-13-7-5-12(10-17)6-8-13/h5-9H,3-4,10-11H2,1-2H3,(H,18,21). The maximum absolute atomic E-state index is 12.3. The predicted molar refractivity (Wildman–Crippen MR) is 84.4 cm³/mol. The van der Waals surface area contributed by atoms with E-state index >= 15 is 0 Å². The number of alkyl halides is 1. The number of carbonyl (C=O) groups is 1. The molecule has 0 radical (unpaired) electrons. The van der Waals surface area contributed by atoms with E-state index in [0.29, 0.717) is 24.7 Å². The summed E-state index contributed by atoms with van der Waals surface area (Å²) in [5, 5.41) is 7.32. The van der Waals surface area contributed by atoms with Crippen LogP contribution < -0.4 is 5.32 Å². The molecule has 0 fully saturated rings. The molecular formula is C16H20ClN3O. The van der Waals surface area contributed by atoms with Gasteiger partial charge in [0.1, 0.15) is 5.69 Å². The van der Waals surface area contributed by atoms with Gasteiger partial charge in [0.15, 0.2) is 0 Å². The summed E-state index contributed by atoms with van der Waals surface area (Å²) < 4.78 is 1.74. The summed E-state index contributed by atoms with van der Waals surface area (Å²) >= 11 is 5.76. The molecule has 21 heavy (non-hydrogen) atoms. The number of hydrogen-bond donors (Lipinski definition) is 1. The number of nitrogens with zero attached hydrogens (tertiary/aromatic N) is 2. The van der Waals surface area contributed by atoms with Gasteiger partial charge in [-0.3, -0.25) is 9.48 Å². The molecule has 0 aliphatic rings. The van der Waals surface area contributed by atoms with Crippen LogP contribution in [0.2, 0.25) is 0 Å². The maximum atomic E-state index is 12.3. The molecule has 5 heteroatoms. The second-order valence-electron chi connectivity index (χ2n) is 4.82. The Morgan fingerprint density at radius 3 is 2.48 bits per heavy atom. The molecule has 112 valence electrons. The van der Waals surface area contributed by atoms with Crippen LogP contribution in [0.1, 0.15) is 41.2 Å². The number of carbonyl (C=O) groups excluding carboxylic acids is 1. The average Bonchev–Trinajstić information content (AvgIpc) is 2.96. The Morgan fingerprint density at radius 1 is 1.24 bits per heavy atom. The molecule has 1 aromatic heterocycles. The molecule has 0 saturated heterocycles. The van der Waals surface area contributed by atoms with Gasteiger partial charge >= 0.3 is 0 Å². The summed E-state index contributed by atoms with van der Waals surface area (Å²) in [6.07, 6.45) is 0.827. The van der Waals surface area contributed by atoms with Gasteiger partial charge in [0.25, 0.3) is 5.91 Å². The summed E-state index contributed by atoms with van der Waals surface area (Å²) in [4.78, 5) is 12.3. The molecule has 2 rings (SSSR count). The molecule has 2 aromatic rings. The van der Waals surface area contributed by atoms with Crippen molar-refractivity contribution in [2.24, 2.45) is 0 Å². The quantitative estimate of drug-likeness (QED) is 0.834. The summed E-state index contributed by atoms with van der Waals surface area (Å²) in [6.45, 7) is 5.20. The van der Waals surface area contributed by atoms with Crippen molar-refractivity contribution in [1.82, 2.24) is 15.1 Å². The number of rotatable bonds is 6. The lowest BCUT2D eigenvalue weighted by molar-refractivity contribution is 0.0940. The minimum absolute atomic E-state index is 0.0922. The van der Waals surface area contributed by atoms with E-state index in [1.165, 1.54) is 0 Å². The number of amides is 1. The molecule has 1 amide bonds. The highest BCUT2D eigenvalue weighted by Crippen LogP contribution is 2.08. The fourth-order valence-corrected chi connectivity index (χ4v) is 2.26. The Bertz CT molecular complexity index is 604. The maximum Gasteiger partial charge on any atom is 0.269 e. The first kappa shape index (κ1) is 15.6. The number of halogens is 1. The minimum Gasteiger partial charge on any atom is -0.347 e. The molecule has 0 aliphatic heterocycles. The van der Waals surface area contributed by atoms with E-state index < -0.39 is 0 Å². The first-order chi connectivity index (χ1) is 10.2. The molecule has 0 atom stereocenters. The zero-order valence-electron chi connectivity index (χ0n) is 12.4. The predicted octanol–water partition coefficient (Wildman–Crippen LogP) is 3.13. The smallest absolute Gasteiger partial charge is 0.269 e. The molecule has 0 spiro atoms. The monoisotopic (exact) mass is 305 g/mol.